The zero-order valence-electron chi connectivity index (χ0n) is 15.1. The van der Waals surface area contributed by atoms with Gasteiger partial charge in [0.25, 0.3) is 0 Å². The second-order valence-electron chi connectivity index (χ2n) is 6.84. The highest BCUT2D eigenvalue weighted by atomic mass is 32.2. The fourth-order valence-electron chi connectivity index (χ4n) is 3.49. The number of nitrogens with zero attached hydrogens (tertiary/aromatic N) is 1. The molecule has 0 aliphatic carbocycles. The van der Waals surface area contributed by atoms with Crippen LogP contribution in [-0.2, 0) is 10.0 Å². The number of aryl methyl sites for hydroxylation is 1. The fraction of sp³-hybridized carbons (Fsp3) is 0.130. The molecule has 0 saturated carbocycles. The van der Waals surface area contributed by atoms with Gasteiger partial charge in [-0.2, -0.15) is 4.31 Å². The molecule has 27 heavy (non-hydrogen) atoms. The molecule has 0 bridgehead atoms. The standard InChI is InChI=1S/C23H21NO2S/c1-17-13-15-21(16-14-17)27(25,26)24-22(18(2)19-9-5-3-6-10-19)23(24)20-11-7-4-8-12-20/h3-16,22-23H,2H2,1H3/t22-,23+,24?/m1/s1. The number of hydrogen-bond acceptors (Lipinski definition) is 2. The summed E-state index contributed by atoms with van der Waals surface area (Å²) < 4.78 is 28.2. The van der Waals surface area contributed by atoms with E-state index < -0.39 is 10.0 Å². The summed E-state index contributed by atoms with van der Waals surface area (Å²) in [5, 5.41) is 0. The number of sulfonamides is 1. The summed E-state index contributed by atoms with van der Waals surface area (Å²) in [6.07, 6.45) is 0. The lowest BCUT2D eigenvalue weighted by Crippen LogP contribution is -2.15. The third-order valence-corrected chi connectivity index (χ3v) is 6.87. The summed E-state index contributed by atoms with van der Waals surface area (Å²) in [7, 11) is -3.61. The summed E-state index contributed by atoms with van der Waals surface area (Å²) in [6, 6.07) is 26.0. The normalized spacial score (nSPS) is 21.6. The van der Waals surface area contributed by atoms with Crippen LogP contribution in [0.2, 0.25) is 0 Å². The molecule has 1 heterocycles. The van der Waals surface area contributed by atoms with Crippen LogP contribution in [0.3, 0.4) is 0 Å². The quantitative estimate of drug-likeness (QED) is 0.600. The van der Waals surface area contributed by atoms with E-state index in [4.69, 9.17) is 0 Å². The molecule has 0 radical (unpaired) electrons. The number of benzene rings is 3. The minimum absolute atomic E-state index is 0.231. The van der Waals surface area contributed by atoms with Gasteiger partial charge in [0.2, 0.25) is 10.0 Å². The van der Waals surface area contributed by atoms with Crippen LogP contribution >= 0.6 is 0 Å². The Balaban J connectivity index is 1.75. The van der Waals surface area contributed by atoms with Gasteiger partial charge in [-0.3, -0.25) is 0 Å². The van der Waals surface area contributed by atoms with Crippen molar-refractivity contribution in [1.29, 1.82) is 0 Å². The fourth-order valence-corrected chi connectivity index (χ4v) is 5.24. The van der Waals surface area contributed by atoms with Crippen molar-refractivity contribution < 1.29 is 8.42 Å². The van der Waals surface area contributed by atoms with Crippen LogP contribution in [0.25, 0.3) is 5.57 Å². The Labute approximate surface area is 160 Å². The van der Waals surface area contributed by atoms with Crippen molar-refractivity contribution in [3.05, 3.63) is 108 Å². The molecule has 4 rings (SSSR count). The Kier molecular flexibility index (Phi) is 4.46. The SMILES string of the molecule is C=C(c1ccccc1)[C@@H]1[C@H](c2ccccc2)N1S(=O)(=O)c1ccc(C)cc1. The van der Waals surface area contributed by atoms with Gasteiger partial charge in [0.1, 0.15) is 0 Å². The molecule has 136 valence electrons. The van der Waals surface area contributed by atoms with Gasteiger partial charge in [0.15, 0.2) is 0 Å². The molecule has 1 aliphatic rings. The Morgan fingerprint density at radius 2 is 1.41 bits per heavy atom. The molecule has 4 heteroatoms. The maximum Gasteiger partial charge on any atom is 0.244 e. The summed E-state index contributed by atoms with van der Waals surface area (Å²) in [5.74, 6) is 0. The highest BCUT2D eigenvalue weighted by Crippen LogP contribution is 2.52. The molecular weight excluding hydrogens is 354 g/mol. The molecule has 1 fully saturated rings. The smallest absolute Gasteiger partial charge is 0.207 e. The van der Waals surface area contributed by atoms with Gasteiger partial charge >= 0.3 is 0 Å². The van der Waals surface area contributed by atoms with Crippen molar-refractivity contribution >= 4 is 15.6 Å². The van der Waals surface area contributed by atoms with Crippen LogP contribution in [-0.4, -0.2) is 18.8 Å². The molecule has 3 aromatic rings. The van der Waals surface area contributed by atoms with Crippen molar-refractivity contribution in [2.75, 3.05) is 0 Å². The second kappa shape index (κ2) is 6.80. The van der Waals surface area contributed by atoms with Gasteiger partial charge in [0.05, 0.1) is 17.0 Å². The first-order valence-electron chi connectivity index (χ1n) is 8.89. The average molecular weight is 375 g/mol. The van der Waals surface area contributed by atoms with Gasteiger partial charge < -0.3 is 0 Å². The average Bonchev–Trinajstić information content (AvgIpc) is 3.46. The summed E-state index contributed by atoms with van der Waals surface area (Å²) in [5.41, 5.74) is 3.80. The van der Waals surface area contributed by atoms with Crippen LogP contribution in [0.15, 0.2) is 96.4 Å². The van der Waals surface area contributed by atoms with Crippen LogP contribution in [0.5, 0.6) is 0 Å². The van der Waals surface area contributed by atoms with E-state index in [-0.39, 0.29) is 12.1 Å². The van der Waals surface area contributed by atoms with E-state index in [2.05, 4.69) is 6.58 Å². The van der Waals surface area contributed by atoms with E-state index >= 15 is 0 Å². The Morgan fingerprint density at radius 1 is 0.852 bits per heavy atom. The van der Waals surface area contributed by atoms with E-state index in [1.54, 1.807) is 16.4 Å². The van der Waals surface area contributed by atoms with Gasteiger partial charge in [-0.1, -0.05) is 84.9 Å². The second-order valence-corrected chi connectivity index (χ2v) is 8.68. The molecule has 0 spiro atoms. The molecule has 3 nitrogen and oxygen atoms in total. The van der Waals surface area contributed by atoms with E-state index in [1.165, 1.54) is 0 Å². The number of rotatable bonds is 5. The highest BCUT2D eigenvalue weighted by Gasteiger charge is 2.57. The molecule has 1 saturated heterocycles. The van der Waals surface area contributed by atoms with E-state index in [1.807, 2.05) is 79.7 Å². The maximum atomic E-state index is 13.3. The minimum Gasteiger partial charge on any atom is -0.207 e. The first kappa shape index (κ1) is 17.7. The van der Waals surface area contributed by atoms with E-state index in [9.17, 15) is 8.42 Å². The lowest BCUT2D eigenvalue weighted by molar-refractivity contribution is 0.551. The van der Waals surface area contributed by atoms with Gasteiger partial charge in [0, 0.05) is 0 Å². The molecular formula is C23H21NO2S. The molecule has 3 atom stereocenters. The Hall–Kier alpha value is -2.69. The van der Waals surface area contributed by atoms with Crippen molar-refractivity contribution in [3.8, 4) is 0 Å². The summed E-state index contributed by atoms with van der Waals surface area (Å²) in [6.45, 7) is 6.17. The molecule has 0 amide bonds. The predicted octanol–water partition coefficient (Wildman–Crippen LogP) is 4.82. The third kappa shape index (κ3) is 3.22. The van der Waals surface area contributed by atoms with Crippen LogP contribution in [0.1, 0.15) is 22.7 Å². The van der Waals surface area contributed by atoms with Crippen molar-refractivity contribution in [2.24, 2.45) is 0 Å². The van der Waals surface area contributed by atoms with Crippen molar-refractivity contribution in [1.82, 2.24) is 4.31 Å². The predicted molar refractivity (Wildman–Crippen MR) is 109 cm³/mol. The van der Waals surface area contributed by atoms with Crippen molar-refractivity contribution in [3.63, 3.8) is 0 Å². The number of hydrogen-bond donors (Lipinski definition) is 0. The topological polar surface area (TPSA) is 37.1 Å². The monoisotopic (exact) mass is 375 g/mol. The molecule has 0 aromatic heterocycles. The third-order valence-electron chi connectivity index (χ3n) is 5.00. The van der Waals surface area contributed by atoms with Gasteiger partial charge in [-0.25, -0.2) is 8.42 Å². The Morgan fingerprint density at radius 3 is 2.00 bits per heavy atom. The zero-order chi connectivity index (χ0) is 19.0. The van der Waals surface area contributed by atoms with Crippen LogP contribution < -0.4 is 0 Å². The van der Waals surface area contributed by atoms with E-state index in [0.717, 1.165) is 22.3 Å². The zero-order valence-corrected chi connectivity index (χ0v) is 15.9. The van der Waals surface area contributed by atoms with Gasteiger partial charge in [-0.15, -0.1) is 0 Å². The van der Waals surface area contributed by atoms with Crippen molar-refractivity contribution in [2.45, 2.75) is 23.9 Å². The lowest BCUT2D eigenvalue weighted by Gasteiger charge is -2.09. The molecule has 1 unspecified atom stereocenters. The summed E-state index contributed by atoms with van der Waals surface area (Å²) >= 11 is 0. The molecule has 0 N–H and O–H groups in total. The van der Waals surface area contributed by atoms with Gasteiger partial charge in [-0.05, 0) is 35.8 Å². The molecule has 1 aliphatic heterocycles. The highest BCUT2D eigenvalue weighted by molar-refractivity contribution is 7.89. The maximum absolute atomic E-state index is 13.3. The summed E-state index contributed by atoms with van der Waals surface area (Å²) in [4.78, 5) is 0.317. The first-order valence-corrected chi connectivity index (χ1v) is 10.3. The lowest BCUT2D eigenvalue weighted by atomic mass is 10.00. The molecule has 3 aromatic carbocycles. The minimum atomic E-state index is -3.61. The first-order chi connectivity index (χ1) is 13.0. The van der Waals surface area contributed by atoms with Crippen LogP contribution in [0, 0.1) is 6.92 Å². The van der Waals surface area contributed by atoms with Crippen LogP contribution in [0.4, 0.5) is 0 Å². The largest absolute Gasteiger partial charge is 0.244 e. The Bertz CT molecular complexity index is 1060. The van der Waals surface area contributed by atoms with E-state index in [0.29, 0.717) is 4.90 Å².